The normalized spacial score (nSPS) is 18.3. The van der Waals surface area contributed by atoms with Gasteiger partial charge in [-0.1, -0.05) is 22.9 Å². The number of amides is 4. The van der Waals surface area contributed by atoms with Crippen LogP contribution < -0.4 is 11.1 Å². The van der Waals surface area contributed by atoms with Crippen LogP contribution in [0, 0.1) is 6.92 Å². The van der Waals surface area contributed by atoms with Crippen molar-refractivity contribution in [1.29, 1.82) is 0 Å². The van der Waals surface area contributed by atoms with Gasteiger partial charge in [-0.15, -0.1) is 0 Å². The second-order valence-electron chi connectivity index (χ2n) is 7.27. The topological polar surface area (TPSA) is 109 Å². The van der Waals surface area contributed by atoms with E-state index in [0.29, 0.717) is 35.2 Å². The minimum atomic E-state index is -0.583. The molecule has 4 amide bonds. The Kier molecular flexibility index (Phi) is 4.95. The Bertz CT molecular complexity index is 1040. The Morgan fingerprint density at radius 2 is 2.14 bits per heavy atom. The largest absolute Gasteiger partial charge is 0.368 e. The first-order valence-electron chi connectivity index (χ1n) is 9.19. The number of nitrogens with one attached hydrogen (secondary N) is 1. The highest BCUT2D eigenvalue weighted by atomic mass is 35.5. The number of aromatic nitrogens is 1. The van der Waals surface area contributed by atoms with Gasteiger partial charge in [0.25, 0.3) is 5.91 Å². The Morgan fingerprint density at radius 3 is 2.86 bits per heavy atom. The Hall–Kier alpha value is -2.65. The number of anilines is 1. The molecule has 1 aromatic heterocycles. The Morgan fingerprint density at radius 1 is 1.38 bits per heavy atom. The van der Waals surface area contributed by atoms with E-state index in [1.807, 2.05) is 13.0 Å². The highest BCUT2D eigenvalue weighted by molar-refractivity contribution is 7.19. The van der Waals surface area contributed by atoms with E-state index in [0.717, 1.165) is 28.1 Å². The third kappa shape index (κ3) is 3.44. The van der Waals surface area contributed by atoms with Gasteiger partial charge < -0.3 is 15.5 Å². The van der Waals surface area contributed by atoms with Gasteiger partial charge in [0.1, 0.15) is 6.04 Å². The number of carbonyl (C=O) groups excluding carboxylic acids is 3. The first-order valence-corrected chi connectivity index (χ1v) is 10.4. The number of nitrogens with zero attached hydrogens (tertiary/aromatic N) is 3. The molecule has 2 aromatic rings. The molecule has 3 heterocycles. The molecular formula is C19H20ClN5O3S. The van der Waals surface area contributed by atoms with E-state index in [1.54, 1.807) is 18.0 Å². The Labute approximate surface area is 176 Å². The first-order chi connectivity index (χ1) is 13.8. The number of fused-ring (bicyclic) bond motifs is 1. The van der Waals surface area contributed by atoms with E-state index in [-0.39, 0.29) is 11.9 Å². The lowest BCUT2D eigenvalue weighted by Gasteiger charge is -2.21. The molecule has 0 radical (unpaired) electrons. The van der Waals surface area contributed by atoms with Crippen LogP contribution in [0.4, 0.5) is 9.93 Å². The molecule has 0 aliphatic carbocycles. The van der Waals surface area contributed by atoms with Gasteiger partial charge in [0.2, 0.25) is 5.91 Å². The maximum absolute atomic E-state index is 12.6. The average Bonchev–Trinajstić information content (AvgIpc) is 3.33. The summed E-state index contributed by atoms with van der Waals surface area (Å²) in [6.07, 6.45) is 1.32. The molecular weight excluding hydrogens is 414 g/mol. The predicted octanol–water partition coefficient (Wildman–Crippen LogP) is 2.84. The van der Waals surface area contributed by atoms with Gasteiger partial charge in [-0.25, -0.2) is 9.78 Å². The lowest BCUT2D eigenvalue weighted by atomic mass is 10.0. The Balaban J connectivity index is 1.59. The molecule has 29 heavy (non-hydrogen) atoms. The van der Waals surface area contributed by atoms with Crippen LogP contribution in [0.2, 0.25) is 5.02 Å². The number of carbonyl (C=O) groups is 3. The zero-order chi connectivity index (χ0) is 20.9. The molecule has 1 saturated heterocycles. The number of hydrogen-bond acceptors (Lipinski definition) is 5. The van der Waals surface area contributed by atoms with Crippen LogP contribution in [-0.2, 0) is 11.3 Å². The highest BCUT2D eigenvalue weighted by Crippen LogP contribution is 2.38. The molecule has 8 nitrogen and oxygen atoms in total. The van der Waals surface area contributed by atoms with E-state index in [2.05, 4.69) is 10.3 Å². The van der Waals surface area contributed by atoms with Crippen molar-refractivity contribution in [3.63, 3.8) is 0 Å². The molecule has 0 saturated carbocycles. The molecule has 1 atom stereocenters. The predicted molar refractivity (Wildman–Crippen MR) is 111 cm³/mol. The average molecular weight is 434 g/mol. The van der Waals surface area contributed by atoms with Gasteiger partial charge in [0.15, 0.2) is 5.13 Å². The van der Waals surface area contributed by atoms with Gasteiger partial charge in [0.05, 0.1) is 21.2 Å². The molecule has 152 valence electrons. The fraction of sp³-hybridized carbons (Fsp3) is 0.368. The summed E-state index contributed by atoms with van der Waals surface area (Å²) in [5.41, 5.74) is 8.40. The number of benzene rings is 1. The van der Waals surface area contributed by atoms with Crippen LogP contribution in [0.15, 0.2) is 12.1 Å². The van der Waals surface area contributed by atoms with Crippen molar-refractivity contribution in [3.05, 3.63) is 34.0 Å². The SMILES string of the molecule is Cc1nc(NC(=O)N2CCC[C@H]2C(N)=O)sc1-c1cc(Cl)c2c(c1)CN(C)C2=O. The first kappa shape index (κ1) is 19.7. The van der Waals surface area contributed by atoms with Crippen LogP contribution >= 0.6 is 22.9 Å². The number of primary amides is 1. The van der Waals surface area contributed by atoms with E-state index in [9.17, 15) is 14.4 Å². The van der Waals surface area contributed by atoms with Gasteiger partial charge in [-0.3, -0.25) is 14.9 Å². The summed E-state index contributed by atoms with van der Waals surface area (Å²) in [5, 5.41) is 3.61. The standard InChI is InChI=1S/C19H20ClN5O3S/c1-9-15(10-6-11-8-24(2)17(27)14(11)12(20)7-10)29-18(22-9)23-19(28)25-5-3-4-13(25)16(21)26/h6-7,13H,3-5,8H2,1-2H3,(H2,21,26)(H,22,23,28)/t13-/m0/s1. The minimum Gasteiger partial charge on any atom is -0.368 e. The van der Waals surface area contributed by atoms with E-state index >= 15 is 0 Å². The van der Waals surface area contributed by atoms with E-state index < -0.39 is 11.9 Å². The van der Waals surface area contributed by atoms with Crippen molar-refractivity contribution in [2.24, 2.45) is 5.73 Å². The number of rotatable bonds is 3. The summed E-state index contributed by atoms with van der Waals surface area (Å²) in [4.78, 5) is 44.7. The van der Waals surface area contributed by atoms with Crippen molar-refractivity contribution in [2.75, 3.05) is 18.9 Å². The van der Waals surface area contributed by atoms with Crippen molar-refractivity contribution in [2.45, 2.75) is 32.4 Å². The molecule has 3 N–H and O–H groups in total. The smallest absolute Gasteiger partial charge is 0.324 e. The zero-order valence-electron chi connectivity index (χ0n) is 16.0. The quantitative estimate of drug-likeness (QED) is 0.775. The number of hydrogen-bond donors (Lipinski definition) is 2. The molecule has 0 unspecified atom stereocenters. The minimum absolute atomic E-state index is 0.0832. The molecule has 2 aliphatic heterocycles. The molecule has 4 rings (SSSR count). The van der Waals surface area contributed by atoms with E-state index in [4.69, 9.17) is 17.3 Å². The van der Waals surface area contributed by atoms with Gasteiger partial charge in [-0.05, 0) is 43.0 Å². The number of urea groups is 1. The van der Waals surface area contributed by atoms with Gasteiger partial charge in [0, 0.05) is 20.1 Å². The molecule has 0 spiro atoms. The number of thiazole rings is 1. The maximum atomic E-state index is 12.6. The molecule has 0 bridgehead atoms. The maximum Gasteiger partial charge on any atom is 0.324 e. The van der Waals surface area contributed by atoms with Crippen molar-refractivity contribution in [3.8, 4) is 10.4 Å². The number of halogens is 1. The summed E-state index contributed by atoms with van der Waals surface area (Å²) in [5.74, 6) is -0.582. The van der Waals surface area contributed by atoms with Crippen molar-refractivity contribution in [1.82, 2.24) is 14.8 Å². The second-order valence-corrected chi connectivity index (χ2v) is 8.68. The third-order valence-corrected chi connectivity index (χ3v) is 6.67. The number of likely N-dealkylation sites (tertiary alicyclic amines) is 1. The number of nitrogens with two attached hydrogens (primary N) is 1. The third-order valence-electron chi connectivity index (χ3n) is 5.25. The van der Waals surface area contributed by atoms with E-state index in [1.165, 1.54) is 16.2 Å². The van der Waals surface area contributed by atoms with Crippen LogP contribution in [0.25, 0.3) is 10.4 Å². The summed E-state index contributed by atoms with van der Waals surface area (Å²) >= 11 is 7.70. The molecule has 1 aromatic carbocycles. The summed E-state index contributed by atoms with van der Waals surface area (Å²) in [7, 11) is 1.74. The van der Waals surface area contributed by atoms with Gasteiger partial charge in [-0.2, -0.15) is 0 Å². The van der Waals surface area contributed by atoms with Crippen LogP contribution in [0.1, 0.15) is 34.5 Å². The fourth-order valence-corrected chi connectivity index (χ4v) is 5.13. The lowest BCUT2D eigenvalue weighted by molar-refractivity contribution is -0.121. The summed E-state index contributed by atoms with van der Waals surface area (Å²) < 4.78 is 0. The second kappa shape index (κ2) is 7.31. The molecule has 2 aliphatic rings. The van der Waals surface area contributed by atoms with Gasteiger partial charge >= 0.3 is 6.03 Å². The fourth-order valence-electron chi connectivity index (χ4n) is 3.86. The van der Waals surface area contributed by atoms with Crippen LogP contribution in [0.5, 0.6) is 0 Å². The van der Waals surface area contributed by atoms with Crippen LogP contribution in [-0.4, -0.2) is 52.3 Å². The summed E-state index contributed by atoms with van der Waals surface area (Å²) in [6, 6.07) is 2.73. The molecule has 1 fully saturated rings. The van der Waals surface area contributed by atoms with Crippen molar-refractivity contribution < 1.29 is 14.4 Å². The molecule has 10 heteroatoms. The lowest BCUT2D eigenvalue weighted by Crippen LogP contribution is -2.45. The monoisotopic (exact) mass is 433 g/mol. The zero-order valence-corrected chi connectivity index (χ0v) is 17.6. The summed E-state index contributed by atoms with van der Waals surface area (Å²) in [6.45, 7) is 2.84. The van der Waals surface area contributed by atoms with Crippen LogP contribution in [0.3, 0.4) is 0 Å². The number of aryl methyl sites for hydroxylation is 1. The highest BCUT2D eigenvalue weighted by Gasteiger charge is 2.33. The van der Waals surface area contributed by atoms with Crippen molar-refractivity contribution >= 4 is 45.9 Å².